The molecule has 4 nitrogen and oxygen atoms in total. The Morgan fingerprint density at radius 3 is 2.35 bits per heavy atom. The first-order valence-electron chi connectivity index (χ1n) is 6.91. The standard InChI is InChI=1S/C16H17F2NO3S/c1-11-3-4-16(22-2)12(7-11)5-6-19-23(20,21)15-9-13(17)8-14(18)10-15/h3-4,7-10,19H,5-6H2,1-2H3. The van der Waals surface area contributed by atoms with E-state index in [1.807, 2.05) is 19.1 Å². The lowest BCUT2D eigenvalue weighted by atomic mass is 10.1. The summed E-state index contributed by atoms with van der Waals surface area (Å²) in [6.07, 6.45) is 0.391. The molecule has 0 saturated heterocycles. The summed E-state index contributed by atoms with van der Waals surface area (Å²) in [6.45, 7) is 2.00. The maximum Gasteiger partial charge on any atom is 0.240 e. The minimum absolute atomic E-state index is 0.0836. The molecule has 0 aliphatic rings. The molecule has 2 rings (SSSR count). The molecular formula is C16H17F2NO3S. The molecule has 1 N–H and O–H groups in total. The van der Waals surface area contributed by atoms with Crippen LogP contribution in [-0.4, -0.2) is 22.1 Å². The number of hydrogen-bond acceptors (Lipinski definition) is 3. The van der Waals surface area contributed by atoms with Gasteiger partial charge in [0.1, 0.15) is 17.4 Å². The molecule has 23 heavy (non-hydrogen) atoms. The molecule has 0 saturated carbocycles. The average Bonchev–Trinajstić information content (AvgIpc) is 2.46. The molecule has 0 heterocycles. The summed E-state index contributed by atoms with van der Waals surface area (Å²) in [5.74, 6) is -1.22. The van der Waals surface area contributed by atoms with E-state index in [0.717, 1.165) is 23.3 Å². The molecule has 0 atom stereocenters. The zero-order valence-electron chi connectivity index (χ0n) is 12.8. The topological polar surface area (TPSA) is 55.4 Å². The molecule has 0 radical (unpaired) electrons. The lowest BCUT2D eigenvalue weighted by Gasteiger charge is -2.11. The molecule has 0 aromatic heterocycles. The van der Waals surface area contributed by atoms with Crippen LogP contribution in [0.5, 0.6) is 5.75 Å². The number of hydrogen-bond donors (Lipinski definition) is 1. The molecule has 0 aliphatic heterocycles. The summed E-state index contributed by atoms with van der Waals surface area (Å²) in [5.41, 5.74) is 1.87. The normalized spacial score (nSPS) is 11.5. The molecule has 2 aromatic carbocycles. The Labute approximate surface area is 134 Å². The van der Waals surface area contributed by atoms with Crippen LogP contribution in [0.4, 0.5) is 8.78 Å². The lowest BCUT2D eigenvalue weighted by molar-refractivity contribution is 0.409. The number of halogens is 2. The first-order chi connectivity index (χ1) is 10.8. The van der Waals surface area contributed by atoms with Crippen LogP contribution in [0.15, 0.2) is 41.3 Å². The lowest BCUT2D eigenvalue weighted by Crippen LogP contribution is -2.26. The second kappa shape index (κ2) is 7.06. The number of rotatable bonds is 6. The van der Waals surface area contributed by atoms with Crippen LogP contribution in [-0.2, 0) is 16.4 Å². The van der Waals surface area contributed by atoms with Crippen molar-refractivity contribution < 1.29 is 21.9 Å². The van der Waals surface area contributed by atoms with Gasteiger partial charge in [-0.2, -0.15) is 0 Å². The van der Waals surface area contributed by atoms with E-state index >= 15 is 0 Å². The van der Waals surface area contributed by atoms with Crippen molar-refractivity contribution in [3.8, 4) is 5.75 Å². The van der Waals surface area contributed by atoms with E-state index in [-0.39, 0.29) is 6.54 Å². The Morgan fingerprint density at radius 1 is 1.09 bits per heavy atom. The van der Waals surface area contributed by atoms with E-state index in [2.05, 4.69) is 4.72 Å². The van der Waals surface area contributed by atoms with Crippen molar-refractivity contribution in [1.29, 1.82) is 0 Å². The smallest absolute Gasteiger partial charge is 0.240 e. The fourth-order valence-corrected chi connectivity index (χ4v) is 3.26. The second-order valence-electron chi connectivity index (χ2n) is 5.07. The zero-order valence-corrected chi connectivity index (χ0v) is 13.6. The van der Waals surface area contributed by atoms with Gasteiger partial charge in [0.05, 0.1) is 12.0 Å². The molecule has 2 aromatic rings. The summed E-state index contributed by atoms with van der Waals surface area (Å²) in [4.78, 5) is -0.439. The third-order valence-corrected chi connectivity index (χ3v) is 4.71. The van der Waals surface area contributed by atoms with Crippen molar-refractivity contribution in [2.75, 3.05) is 13.7 Å². The fraction of sp³-hybridized carbons (Fsp3) is 0.250. The Morgan fingerprint density at radius 2 is 1.74 bits per heavy atom. The molecular weight excluding hydrogens is 324 g/mol. The van der Waals surface area contributed by atoms with Gasteiger partial charge in [-0.1, -0.05) is 17.7 Å². The van der Waals surface area contributed by atoms with Gasteiger partial charge >= 0.3 is 0 Å². The Bertz CT molecular complexity index is 787. The van der Waals surface area contributed by atoms with Crippen LogP contribution < -0.4 is 9.46 Å². The second-order valence-corrected chi connectivity index (χ2v) is 6.84. The molecule has 0 fully saturated rings. The predicted molar refractivity (Wildman–Crippen MR) is 83.0 cm³/mol. The van der Waals surface area contributed by atoms with E-state index in [1.54, 1.807) is 6.07 Å². The molecule has 0 unspecified atom stereocenters. The van der Waals surface area contributed by atoms with Gasteiger partial charge in [-0.05, 0) is 37.1 Å². The van der Waals surface area contributed by atoms with Crippen LogP contribution in [0.2, 0.25) is 0 Å². The van der Waals surface area contributed by atoms with E-state index in [0.29, 0.717) is 18.2 Å². The quantitative estimate of drug-likeness (QED) is 0.879. The third kappa shape index (κ3) is 4.49. The third-order valence-electron chi connectivity index (χ3n) is 3.27. The van der Waals surface area contributed by atoms with Crippen LogP contribution >= 0.6 is 0 Å². The van der Waals surface area contributed by atoms with Crippen LogP contribution in [0.25, 0.3) is 0 Å². The predicted octanol–water partition coefficient (Wildman–Crippen LogP) is 2.80. The van der Waals surface area contributed by atoms with Gasteiger partial charge < -0.3 is 4.74 Å². The minimum atomic E-state index is -3.98. The van der Waals surface area contributed by atoms with Crippen molar-refractivity contribution in [1.82, 2.24) is 4.72 Å². The van der Waals surface area contributed by atoms with Gasteiger partial charge in [0.2, 0.25) is 10.0 Å². The number of benzene rings is 2. The van der Waals surface area contributed by atoms with Crippen molar-refractivity contribution >= 4 is 10.0 Å². The van der Waals surface area contributed by atoms with Gasteiger partial charge in [-0.3, -0.25) is 0 Å². The highest BCUT2D eigenvalue weighted by atomic mass is 32.2. The Kier molecular flexibility index (Phi) is 5.33. The Balaban J connectivity index is 2.10. The number of methoxy groups -OCH3 is 1. The summed E-state index contributed by atoms with van der Waals surface area (Å²) in [5, 5.41) is 0. The minimum Gasteiger partial charge on any atom is -0.496 e. The number of ether oxygens (including phenoxy) is 1. The van der Waals surface area contributed by atoms with Crippen LogP contribution in [0.3, 0.4) is 0 Å². The van der Waals surface area contributed by atoms with E-state index < -0.39 is 26.6 Å². The summed E-state index contributed by atoms with van der Waals surface area (Å²) in [7, 11) is -2.44. The van der Waals surface area contributed by atoms with E-state index in [9.17, 15) is 17.2 Å². The average molecular weight is 341 g/mol. The first kappa shape index (κ1) is 17.4. The molecule has 7 heteroatoms. The summed E-state index contributed by atoms with van der Waals surface area (Å²) >= 11 is 0. The molecule has 124 valence electrons. The number of nitrogens with one attached hydrogen (secondary N) is 1. The van der Waals surface area contributed by atoms with Crippen LogP contribution in [0, 0.1) is 18.6 Å². The zero-order chi connectivity index (χ0) is 17.0. The highest BCUT2D eigenvalue weighted by Crippen LogP contribution is 2.20. The van der Waals surface area contributed by atoms with E-state index in [1.165, 1.54) is 7.11 Å². The maximum atomic E-state index is 13.1. The molecule has 0 bridgehead atoms. The monoisotopic (exact) mass is 341 g/mol. The van der Waals surface area contributed by atoms with Crippen molar-refractivity contribution in [2.45, 2.75) is 18.2 Å². The molecule has 0 aliphatic carbocycles. The molecule has 0 spiro atoms. The first-order valence-corrected chi connectivity index (χ1v) is 8.39. The molecule has 0 amide bonds. The van der Waals surface area contributed by atoms with Crippen molar-refractivity contribution in [3.63, 3.8) is 0 Å². The Hall–Kier alpha value is -1.99. The van der Waals surface area contributed by atoms with Gasteiger partial charge in [0.15, 0.2) is 0 Å². The summed E-state index contributed by atoms with van der Waals surface area (Å²) in [6, 6.07) is 7.77. The van der Waals surface area contributed by atoms with Gasteiger partial charge in [-0.15, -0.1) is 0 Å². The maximum absolute atomic E-state index is 13.1. The number of sulfonamides is 1. The largest absolute Gasteiger partial charge is 0.496 e. The highest BCUT2D eigenvalue weighted by Gasteiger charge is 2.16. The summed E-state index contributed by atoms with van der Waals surface area (Å²) < 4.78 is 58.0. The van der Waals surface area contributed by atoms with Crippen LogP contribution in [0.1, 0.15) is 11.1 Å². The van der Waals surface area contributed by atoms with Gasteiger partial charge in [-0.25, -0.2) is 21.9 Å². The fourth-order valence-electron chi connectivity index (χ4n) is 2.19. The van der Waals surface area contributed by atoms with Gasteiger partial charge in [0, 0.05) is 12.6 Å². The van der Waals surface area contributed by atoms with Crippen molar-refractivity contribution in [3.05, 3.63) is 59.2 Å². The SMILES string of the molecule is COc1ccc(C)cc1CCNS(=O)(=O)c1cc(F)cc(F)c1. The highest BCUT2D eigenvalue weighted by molar-refractivity contribution is 7.89. The van der Waals surface area contributed by atoms with Gasteiger partial charge in [0.25, 0.3) is 0 Å². The van der Waals surface area contributed by atoms with E-state index in [4.69, 9.17) is 4.74 Å². The van der Waals surface area contributed by atoms with Crippen molar-refractivity contribution in [2.24, 2.45) is 0 Å². The number of aryl methyl sites for hydroxylation is 1.